The van der Waals surface area contributed by atoms with Gasteiger partial charge in [0.25, 0.3) is 0 Å². The van der Waals surface area contributed by atoms with E-state index in [1.165, 1.54) is 13.2 Å². The monoisotopic (exact) mass is 223 g/mol. The van der Waals surface area contributed by atoms with Crippen LogP contribution in [0.4, 0.5) is 5.69 Å². The number of nitroso groups, excluding NO2 is 1. The number of benzene rings is 1. The Morgan fingerprint density at radius 1 is 1.38 bits per heavy atom. The molecule has 0 atom stereocenters. The molecule has 16 heavy (non-hydrogen) atoms. The second-order valence-electron chi connectivity index (χ2n) is 3.17. The zero-order valence-electron chi connectivity index (χ0n) is 9.23. The highest BCUT2D eigenvalue weighted by molar-refractivity contribution is 5.90. The Hall–Kier alpha value is -1.75. The molecular formula is C11H13NO4. The van der Waals surface area contributed by atoms with Gasteiger partial charge >= 0.3 is 5.97 Å². The van der Waals surface area contributed by atoms with E-state index in [9.17, 15) is 9.70 Å². The second kappa shape index (κ2) is 5.97. The van der Waals surface area contributed by atoms with Crippen molar-refractivity contribution in [2.24, 2.45) is 5.18 Å². The lowest BCUT2D eigenvalue weighted by Crippen LogP contribution is -2.02. The summed E-state index contributed by atoms with van der Waals surface area (Å²) in [5.41, 5.74) is 1.32. The van der Waals surface area contributed by atoms with Crippen LogP contribution in [0.5, 0.6) is 0 Å². The Bertz CT molecular complexity index is 390. The second-order valence-corrected chi connectivity index (χ2v) is 3.17. The Morgan fingerprint density at radius 3 is 2.69 bits per heavy atom. The number of carbonyl (C=O) groups excluding carboxylic acids is 1. The predicted molar refractivity (Wildman–Crippen MR) is 58.8 cm³/mol. The van der Waals surface area contributed by atoms with E-state index in [0.717, 1.165) is 5.56 Å². The maximum absolute atomic E-state index is 11.2. The highest BCUT2D eigenvalue weighted by Gasteiger charge is 2.10. The Labute approximate surface area is 93.3 Å². The van der Waals surface area contributed by atoms with Crippen molar-refractivity contribution in [3.05, 3.63) is 34.2 Å². The third-order valence-corrected chi connectivity index (χ3v) is 2.18. The van der Waals surface area contributed by atoms with Gasteiger partial charge in [-0.15, -0.1) is 4.91 Å². The molecule has 0 spiro atoms. The lowest BCUT2D eigenvalue weighted by atomic mass is 10.1. The van der Waals surface area contributed by atoms with Crippen molar-refractivity contribution in [2.75, 3.05) is 20.8 Å². The summed E-state index contributed by atoms with van der Waals surface area (Å²) in [6, 6.07) is 4.71. The molecule has 0 unspecified atom stereocenters. The molecule has 0 aliphatic rings. The molecule has 5 heteroatoms. The SMILES string of the molecule is COCCc1ccc(C(=O)OC)cc1N=O. The fourth-order valence-electron chi connectivity index (χ4n) is 1.32. The molecule has 1 aromatic carbocycles. The van der Waals surface area contributed by atoms with Gasteiger partial charge in [0.05, 0.1) is 19.3 Å². The van der Waals surface area contributed by atoms with Crippen LogP contribution >= 0.6 is 0 Å². The van der Waals surface area contributed by atoms with Gasteiger partial charge in [-0.1, -0.05) is 6.07 Å². The molecule has 0 saturated carbocycles. The molecule has 86 valence electrons. The molecule has 5 nitrogen and oxygen atoms in total. The number of hydrogen-bond donors (Lipinski definition) is 0. The van der Waals surface area contributed by atoms with E-state index in [2.05, 4.69) is 9.91 Å². The third kappa shape index (κ3) is 2.87. The third-order valence-electron chi connectivity index (χ3n) is 2.18. The summed E-state index contributed by atoms with van der Waals surface area (Å²) in [6.45, 7) is 0.500. The Kier molecular flexibility index (Phi) is 4.60. The topological polar surface area (TPSA) is 65.0 Å². The lowest BCUT2D eigenvalue weighted by Gasteiger charge is -2.05. The van der Waals surface area contributed by atoms with Gasteiger partial charge in [0, 0.05) is 7.11 Å². The van der Waals surface area contributed by atoms with Crippen LogP contribution in [0, 0.1) is 4.91 Å². The quantitative estimate of drug-likeness (QED) is 0.566. The number of ether oxygens (including phenoxy) is 2. The van der Waals surface area contributed by atoms with Gasteiger partial charge in [-0.05, 0) is 29.3 Å². The van der Waals surface area contributed by atoms with Crippen LogP contribution < -0.4 is 0 Å². The number of esters is 1. The van der Waals surface area contributed by atoms with Crippen LogP contribution in [0.3, 0.4) is 0 Å². The Morgan fingerprint density at radius 2 is 2.12 bits per heavy atom. The van der Waals surface area contributed by atoms with E-state index in [-0.39, 0.29) is 5.69 Å². The van der Waals surface area contributed by atoms with Crippen LogP contribution in [0.25, 0.3) is 0 Å². The molecule has 0 saturated heterocycles. The van der Waals surface area contributed by atoms with Crippen LogP contribution in [0.1, 0.15) is 15.9 Å². The van der Waals surface area contributed by atoms with E-state index in [0.29, 0.717) is 18.6 Å². The van der Waals surface area contributed by atoms with Gasteiger partial charge < -0.3 is 9.47 Å². The van der Waals surface area contributed by atoms with Gasteiger partial charge in [0.2, 0.25) is 0 Å². The largest absolute Gasteiger partial charge is 0.465 e. The van der Waals surface area contributed by atoms with Crippen molar-refractivity contribution >= 4 is 11.7 Å². The minimum absolute atomic E-state index is 0.250. The molecule has 0 aliphatic carbocycles. The number of carbonyl (C=O) groups is 1. The molecule has 0 radical (unpaired) electrons. The average molecular weight is 223 g/mol. The minimum atomic E-state index is -0.483. The molecule has 1 rings (SSSR count). The van der Waals surface area contributed by atoms with Gasteiger partial charge in [-0.2, -0.15) is 0 Å². The van der Waals surface area contributed by atoms with Crippen molar-refractivity contribution < 1.29 is 14.3 Å². The first-order valence-corrected chi connectivity index (χ1v) is 4.76. The molecule has 0 amide bonds. The standard InChI is InChI=1S/C11H13NO4/c1-15-6-5-8-3-4-9(11(13)16-2)7-10(8)12-14/h3-4,7H,5-6H2,1-2H3. The summed E-state index contributed by atoms with van der Waals surface area (Å²) in [4.78, 5) is 21.8. The summed E-state index contributed by atoms with van der Waals surface area (Å²) in [5.74, 6) is -0.483. The Balaban J connectivity index is 2.97. The zero-order valence-corrected chi connectivity index (χ0v) is 9.23. The highest BCUT2D eigenvalue weighted by atomic mass is 16.5. The van der Waals surface area contributed by atoms with Crippen LogP contribution in [0.2, 0.25) is 0 Å². The van der Waals surface area contributed by atoms with Crippen LogP contribution in [0.15, 0.2) is 23.4 Å². The fraction of sp³-hybridized carbons (Fsp3) is 0.364. The predicted octanol–water partition coefficient (Wildman–Crippen LogP) is 2.06. The minimum Gasteiger partial charge on any atom is -0.465 e. The number of nitrogens with zero attached hydrogens (tertiary/aromatic N) is 1. The molecular weight excluding hydrogens is 210 g/mol. The average Bonchev–Trinajstić information content (AvgIpc) is 2.35. The first-order valence-electron chi connectivity index (χ1n) is 4.76. The molecule has 0 heterocycles. The van der Waals surface area contributed by atoms with E-state index in [4.69, 9.17) is 4.74 Å². The summed E-state index contributed by atoms with van der Waals surface area (Å²) < 4.78 is 9.46. The summed E-state index contributed by atoms with van der Waals surface area (Å²) in [5, 5.41) is 2.89. The molecule has 0 bridgehead atoms. The van der Waals surface area contributed by atoms with E-state index < -0.39 is 5.97 Å². The molecule has 0 fully saturated rings. The maximum Gasteiger partial charge on any atom is 0.337 e. The molecule has 1 aromatic rings. The summed E-state index contributed by atoms with van der Waals surface area (Å²) in [6.07, 6.45) is 0.582. The number of hydrogen-bond acceptors (Lipinski definition) is 5. The molecule has 0 aromatic heterocycles. The van der Waals surface area contributed by atoms with Crippen LogP contribution in [-0.2, 0) is 15.9 Å². The van der Waals surface area contributed by atoms with Crippen molar-refractivity contribution in [3.63, 3.8) is 0 Å². The normalized spacial score (nSPS) is 9.88. The van der Waals surface area contributed by atoms with Crippen molar-refractivity contribution in [2.45, 2.75) is 6.42 Å². The highest BCUT2D eigenvalue weighted by Crippen LogP contribution is 2.21. The molecule has 0 aliphatic heterocycles. The smallest absolute Gasteiger partial charge is 0.337 e. The molecule has 0 N–H and O–H groups in total. The van der Waals surface area contributed by atoms with Gasteiger partial charge in [0.15, 0.2) is 0 Å². The first kappa shape index (κ1) is 12.3. The number of rotatable bonds is 5. The first-order chi connectivity index (χ1) is 7.72. The summed E-state index contributed by atoms with van der Waals surface area (Å²) >= 11 is 0. The van der Waals surface area contributed by atoms with Crippen molar-refractivity contribution in [1.29, 1.82) is 0 Å². The van der Waals surface area contributed by atoms with E-state index >= 15 is 0 Å². The van der Waals surface area contributed by atoms with E-state index in [1.807, 2.05) is 0 Å². The van der Waals surface area contributed by atoms with Crippen LogP contribution in [-0.4, -0.2) is 26.8 Å². The zero-order chi connectivity index (χ0) is 12.0. The van der Waals surface area contributed by atoms with Crippen molar-refractivity contribution in [3.8, 4) is 0 Å². The van der Waals surface area contributed by atoms with Gasteiger partial charge in [-0.25, -0.2) is 4.79 Å². The van der Waals surface area contributed by atoms with Crippen molar-refractivity contribution in [1.82, 2.24) is 0 Å². The maximum atomic E-state index is 11.2. The van der Waals surface area contributed by atoms with Gasteiger partial charge in [-0.3, -0.25) is 0 Å². The van der Waals surface area contributed by atoms with E-state index in [1.54, 1.807) is 19.2 Å². The number of methoxy groups -OCH3 is 2. The summed E-state index contributed by atoms with van der Waals surface area (Å²) in [7, 11) is 2.87. The fourth-order valence-corrected chi connectivity index (χ4v) is 1.32. The lowest BCUT2D eigenvalue weighted by molar-refractivity contribution is 0.0601. The van der Waals surface area contributed by atoms with Gasteiger partial charge in [0.1, 0.15) is 5.69 Å².